The van der Waals surface area contributed by atoms with E-state index in [-0.39, 0.29) is 11.8 Å². The lowest BCUT2D eigenvalue weighted by Crippen LogP contribution is -2.13. The van der Waals surface area contributed by atoms with E-state index in [0.717, 1.165) is 5.65 Å². The first kappa shape index (κ1) is 13.8. The number of nitrogens with one attached hydrogen (secondary N) is 2. The highest BCUT2D eigenvalue weighted by atomic mass is 16.2. The van der Waals surface area contributed by atoms with Gasteiger partial charge in [0.2, 0.25) is 5.91 Å². The van der Waals surface area contributed by atoms with Crippen LogP contribution in [0.15, 0.2) is 55.0 Å². The molecule has 2 aromatic heterocycles. The first-order chi connectivity index (χ1) is 10.6. The molecular weight excluding hydrogens is 280 g/mol. The maximum Gasteiger partial charge on any atom is 0.255 e. The summed E-state index contributed by atoms with van der Waals surface area (Å²) >= 11 is 0. The summed E-state index contributed by atoms with van der Waals surface area (Å²) in [4.78, 5) is 27.5. The van der Waals surface area contributed by atoms with Crippen LogP contribution in [-0.4, -0.2) is 21.2 Å². The number of benzene rings is 1. The van der Waals surface area contributed by atoms with Crippen LogP contribution in [0, 0.1) is 0 Å². The van der Waals surface area contributed by atoms with Gasteiger partial charge in [0, 0.05) is 36.8 Å². The highest BCUT2D eigenvalue weighted by Gasteiger charge is 2.08. The van der Waals surface area contributed by atoms with Gasteiger partial charge in [-0.3, -0.25) is 9.59 Å². The van der Waals surface area contributed by atoms with E-state index in [2.05, 4.69) is 15.6 Å². The van der Waals surface area contributed by atoms with Gasteiger partial charge in [0.05, 0.1) is 5.69 Å². The molecule has 0 atom stereocenters. The number of carbonyl (C=O) groups is 2. The zero-order valence-electron chi connectivity index (χ0n) is 11.9. The van der Waals surface area contributed by atoms with Crippen molar-refractivity contribution in [2.75, 3.05) is 10.6 Å². The van der Waals surface area contributed by atoms with Crippen LogP contribution in [0.25, 0.3) is 5.65 Å². The lowest BCUT2D eigenvalue weighted by molar-refractivity contribution is -0.114. The van der Waals surface area contributed by atoms with Gasteiger partial charge in [-0.1, -0.05) is 6.07 Å². The van der Waals surface area contributed by atoms with Crippen molar-refractivity contribution in [3.05, 3.63) is 60.6 Å². The number of fused-ring (bicyclic) bond motifs is 1. The van der Waals surface area contributed by atoms with Gasteiger partial charge in [-0.2, -0.15) is 0 Å². The van der Waals surface area contributed by atoms with E-state index in [4.69, 9.17) is 0 Å². The normalized spacial score (nSPS) is 10.4. The second kappa shape index (κ2) is 5.69. The summed E-state index contributed by atoms with van der Waals surface area (Å²) < 4.78 is 1.82. The summed E-state index contributed by atoms with van der Waals surface area (Å²) in [5.41, 5.74) is 2.54. The van der Waals surface area contributed by atoms with E-state index >= 15 is 0 Å². The SMILES string of the molecule is CC(=O)Nc1cccc(C(=O)Nc2ccc3nccn3c2)c1. The molecule has 0 unspecified atom stereocenters. The molecule has 3 aromatic rings. The summed E-state index contributed by atoms with van der Waals surface area (Å²) in [6.45, 7) is 1.42. The van der Waals surface area contributed by atoms with Crippen LogP contribution >= 0.6 is 0 Å². The number of carbonyl (C=O) groups excluding carboxylic acids is 2. The van der Waals surface area contributed by atoms with E-state index in [1.165, 1.54) is 6.92 Å². The molecule has 2 heterocycles. The Morgan fingerprint density at radius 3 is 2.77 bits per heavy atom. The molecule has 3 rings (SSSR count). The number of amides is 2. The molecule has 0 saturated heterocycles. The Kier molecular flexibility index (Phi) is 3.57. The molecule has 6 heteroatoms. The Morgan fingerprint density at radius 1 is 1.09 bits per heavy atom. The van der Waals surface area contributed by atoms with E-state index in [9.17, 15) is 9.59 Å². The van der Waals surface area contributed by atoms with Crippen LogP contribution in [0.1, 0.15) is 17.3 Å². The number of imidazole rings is 1. The second-order valence-corrected chi connectivity index (χ2v) is 4.83. The molecule has 22 heavy (non-hydrogen) atoms. The molecule has 0 saturated carbocycles. The quantitative estimate of drug-likeness (QED) is 0.779. The minimum atomic E-state index is -0.244. The van der Waals surface area contributed by atoms with Gasteiger partial charge in [0.15, 0.2) is 0 Å². The fraction of sp³-hybridized carbons (Fsp3) is 0.0625. The van der Waals surface area contributed by atoms with Crippen LogP contribution < -0.4 is 10.6 Å². The topological polar surface area (TPSA) is 75.5 Å². The molecule has 0 aliphatic heterocycles. The number of rotatable bonds is 3. The second-order valence-electron chi connectivity index (χ2n) is 4.83. The van der Waals surface area contributed by atoms with Gasteiger partial charge in [-0.25, -0.2) is 4.98 Å². The van der Waals surface area contributed by atoms with Crippen LogP contribution in [-0.2, 0) is 4.79 Å². The Balaban J connectivity index is 1.80. The fourth-order valence-corrected chi connectivity index (χ4v) is 2.14. The van der Waals surface area contributed by atoms with Crippen molar-refractivity contribution in [3.63, 3.8) is 0 Å². The Morgan fingerprint density at radius 2 is 1.95 bits per heavy atom. The van der Waals surface area contributed by atoms with Gasteiger partial charge < -0.3 is 15.0 Å². The predicted molar refractivity (Wildman–Crippen MR) is 83.9 cm³/mol. The summed E-state index contributed by atoms with van der Waals surface area (Å²) in [5.74, 6) is -0.421. The van der Waals surface area contributed by atoms with Crippen molar-refractivity contribution in [1.29, 1.82) is 0 Å². The van der Waals surface area contributed by atoms with E-state index in [1.807, 2.05) is 16.7 Å². The number of hydrogen-bond acceptors (Lipinski definition) is 3. The summed E-state index contributed by atoms with van der Waals surface area (Å²) in [5, 5.41) is 5.47. The maximum absolute atomic E-state index is 12.3. The molecule has 1 aromatic carbocycles. The molecule has 2 amide bonds. The number of aromatic nitrogens is 2. The van der Waals surface area contributed by atoms with Crippen LogP contribution in [0.2, 0.25) is 0 Å². The van der Waals surface area contributed by atoms with Crippen molar-refractivity contribution in [1.82, 2.24) is 9.38 Å². The molecule has 0 radical (unpaired) electrons. The Bertz CT molecular complexity index is 854. The highest BCUT2D eigenvalue weighted by Crippen LogP contribution is 2.14. The minimum Gasteiger partial charge on any atom is -0.326 e. The predicted octanol–water partition coefficient (Wildman–Crippen LogP) is 2.54. The molecule has 0 fully saturated rings. The van der Waals surface area contributed by atoms with Gasteiger partial charge >= 0.3 is 0 Å². The van der Waals surface area contributed by atoms with Crippen molar-refractivity contribution < 1.29 is 9.59 Å². The van der Waals surface area contributed by atoms with Crippen molar-refractivity contribution in [2.24, 2.45) is 0 Å². The van der Waals surface area contributed by atoms with Gasteiger partial charge in [-0.05, 0) is 30.3 Å². The number of nitrogens with zero attached hydrogens (tertiary/aromatic N) is 2. The average Bonchev–Trinajstić information content (AvgIpc) is 2.94. The fourth-order valence-electron chi connectivity index (χ4n) is 2.14. The number of pyridine rings is 1. The first-order valence-electron chi connectivity index (χ1n) is 6.73. The largest absolute Gasteiger partial charge is 0.326 e. The van der Waals surface area contributed by atoms with E-state index < -0.39 is 0 Å². The van der Waals surface area contributed by atoms with E-state index in [0.29, 0.717) is 16.9 Å². The van der Waals surface area contributed by atoms with E-state index in [1.54, 1.807) is 42.7 Å². The third kappa shape index (κ3) is 2.95. The number of anilines is 2. The van der Waals surface area contributed by atoms with Crippen molar-refractivity contribution >= 4 is 28.8 Å². The standard InChI is InChI=1S/C16H14N4O2/c1-11(21)18-13-4-2-3-12(9-13)16(22)19-14-5-6-15-17-7-8-20(15)10-14/h2-10H,1H3,(H,18,21)(H,19,22). The molecule has 0 aliphatic rings. The Labute approximate surface area is 126 Å². The molecule has 0 aliphatic carbocycles. The van der Waals surface area contributed by atoms with Gasteiger partial charge in [-0.15, -0.1) is 0 Å². The third-order valence-electron chi connectivity index (χ3n) is 3.09. The Hall–Kier alpha value is -3.15. The lowest BCUT2D eigenvalue weighted by atomic mass is 10.2. The summed E-state index contributed by atoms with van der Waals surface area (Å²) in [6, 6.07) is 10.4. The van der Waals surface area contributed by atoms with Crippen LogP contribution in [0.5, 0.6) is 0 Å². The maximum atomic E-state index is 12.3. The molecule has 0 bridgehead atoms. The van der Waals surface area contributed by atoms with Crippen molar-refractivity contribution in [3.8, 4) is 0 Å². The molecule has 110 valence electrons. The monoisotopic (exact) mass is 294 g/mol. The van der Waals surface area contributed by atoms with Gasteiger partial charge in [0.25, 0.3) is 5.91 Å². The zero-order valence-corrected chi connectivity index (χ0v) is 11.9. The minimum absolute atomic E-state index is 0.178. The van der Waals surface area contributed by atoms with Crippen LogP contribution in [0.4, 0.5) is 11.4 Å². The average molecular weight is 294 g/mol. The molecule has 6 nitrogen and oxygen atoms in total. The zero-order chi connectivity index (χ0) is 15.5. The first-order valence-corrected chi connectivity index (χ1v) is 6.73. The van der Waals surface area contributed by atoms with Crippen LogP contribution in [0.3, 0.4) is 0 Å². The molecule has 2 N–H and O–H groups in total. The smallest absolute Gasteiger partial charge is 0.255 e. The van der Waals surface area contributed by atoms with Crippen molar-refractivity contribution in [2.45, 2.75) is 6.92 Å². The molecular formula is C16H14N4O2. The summed E-state index contributed by atoms with van der Waals surface area (Å²) in [7, 11) is 0. The highest BCUT2D eigenvalue weighted by molar-refractivity contribution is 6.05. The summed E-state index contributed by atoms with van der Waals surface area (Å²) in [6.07, 6.45) is 5.29. The number of hydrogen-bond donors (Lipinski definition) is 2. The third-order valence-corrected chi connectivity index (χ3v) is 3.09. The molecule has 0 spiro atoms. The lowest BCUT2D eigenvalue weighted by Gasteiger charge is -2.08. The van der Waals surface area contributed by atoms with Gasteiger partial charge in [0.1, 0.15) is 5.65 Å².